The maximum atomic E-state index is 12.4. The fraction of sp³-hybridized carbons (Fsp3) is 0.864. The first kappa shape index (κ1) is 19.4. The molecule has 0 bridgehead atoms. The molecule has 3 aliphatic carbocycles. The molecule has 0 saturated heterocycles. The third-order valence-electron chi connectivity index (χ3n) is 7.23. The average Bonchev–Trinajstić information content (AvgIpc) is 2.98. The van der Waals surface area contributed by atoms with Crippen molar-refractivity contribution in [1.82, 2.24) is 0 Å². The van der Waals surface area contributed by atoms with Crippen molar-refractivity contribution in [2.75, 3.05) is 0 Å². The minimum atomic E-state index is -1.52. The molecule has 1 unspecified atom stereocenters. The Kier molecular flexibility index (Phi) is 5.14. The SMILES string of the molecule is C[C@H](C[C@@H]1C=C[C@@](C)(O[Si](C)(C)C)C1)[C@H]1CCC2C(=O)CCC[C@]21C. The van der Waals surface area contributed by atoms with E-state index in [-0.39, 0.29) is 11.0 Å². The number of hydrogen-bond donors (Lipinski definition) is 0. The monoisotopic (exact) mass is 362 g/mol. The molecule has 3 heteroatoms. The van der Waals surface area contributed by atoms with E-state index >= 15 is 0 Å². The van der Waals surface area contributed by atoms with Gasteiger partial charge in [0.15, 0.2) is 8.32 Å². The quantitative estimate of drug-likeness (QED) is 0.444. The molecule has 0 aromatic rings. The van der Waals surface area contributed by atoms with Crippen molar-refractivity contribution in [3.63, 3.8) is 0 Å². The Bertz CT molecular complexity index is 549. The van der Waals surface area contributed by atoms with E-state index in [4.69, 9.17) is 4.43 Å². The van der Waals surface area contributed by atoms with Crippen molar-refractivity contribution in [2.24, 2.45) is 29.1 Å². The third kappa shape index (κ3) is 3.97. The maximum absolute atomic E-state index is 12.4. The van der Waals surface area contributed by atoms with Crippen LogP contribution in [0.2, 0.25) is 19.6 Å². The van der Waals surface area contributed by atoms with Gasteiger partial charge in [0, 0.05) is 12.3 Å². The van der Waals surface area contributed by atoms with Crippen LogP contribution in [0.4, 0.5) is 0 Å². The fourth-order valence-electron chi connectivity index (χ4n) is 6.48. The van der Waals surface area contributed by atoms with Gasteiger partial charge in [-0.05, 0) is 88.3 Å². The first-order valence-electron chi connectivity index (χ1n) is 10.4. The number of carbonyl (C=O) groups is 1. The molecular weight excluding hydrogens is 324 g/mol. The van der Waals surface area contributed by atoms with Crippen molar-refractivity contribution >= 4 is 14.1 Å². The van der Waals surface area contributed by atoms with Crippen LogP contribution in [-0.4, -0.2) is 19.7 Å². The smallest absolute Gasteiger partial charge is 0.184 e. The van der Waals surface area contributed by atoms with Crippen LogP contribution in [0.3, 0.4) is 0 Å². The molecular formula is C22H38O2Si. The van der Waals surface area contributed by atoms with Gasteiger partial charge in [-0.1, -0.05) is 26.0 Å². The van der Waals surface area contributed by atoms with Crippen LogP contribution < -0.4 is 0 Å². The molecule has 0 aromatic carbocycles. The summed E-state index contributed by atoms with van der Waals surface area (Å²) < 4.78 is 6.45. The highest BCUT2D eigenvalue weighted by Gasteiger charge is 2.52. The Morgan fingerprint density at radius 1 is 1.28 bits per heavy atom. The van der Waals surface area contributed by atoms with Gasteiger partial charge in [-0.25, -0.2) is 0 Å². The molecule has 0 amide bonds. The second kappa shape index (κ2) is 6.63. The van der Waals surface area contributed by atoms with Gasteiger partial charge in [0.05, 0.1) is 5.60 Å². The molecule has 0 aromatic heterocycles. The minimum absolute atomic E-state index is 0.0578. The van der Waals surface area contributed by atoms with E-state index in [1.807, 2.05) is 0 Å². The second-order valence-electron chi connectivity index (χ2n) is 10.6. The largest absolute Gasteiger partial charge is 0.409 e. The van der Waals surface area contributed by atoms with E-state index in [1.54, 1.807) is 0 Å². The van der Waals surface area contributed by atoms with Crippen molar-refractivity contribution in [3.05, 3.63) is 12.2 Å². The molecule has 2 saturated carbocycles. The highest BCUT2D eigenvalue weighted by atomic mass is 28.4. The number of hydrogen-bond acceptors (Lipinski definition) is 2. The summed E-state index contributed by atoms with van der Waals surface area (Å²) in [7, 11) is -1.52. The Hall–Kier alpha value is -0.413. The standard InChI is InChI=1S/C22H38O2Si/c1-16(14-17-11-13-21(2,15-17)24-25(4,5)6)18-9-10-19-20(23)8-7-12-22(18,19)3/h11,13,16-19H,7-10,12,14-15H2,1-6H3/t16-,17+,18-,19?,21-,22+/m1/s1. The molecule has 142 valence electrons. The van der Waals surface area contributed by atoms with E-state index in [2.05, 4.69) is 52.6 Å². The summed E-state index contributed by atoms with van der Waals surface area (Å²) >= 11 is 0. The molecule has 0 N–H and O–H groups in total. The van der Waals surface area contributed by atoms with Gasteiger partial charge in [0.25, 0.3) is 0 Å². The predicted molar refractivity (Wildman–Crippen MR) is 107 cm³/mol. The van der Waals surface area contributed by atoms with Crippen molar-refractivity contribution < 1.29 is 9.22 Å². The van der Waals surface area contributed by atoms with Gasteiger partial charge < -0.3 is 4.43 Å². The lowest BCUT2D eigenvalue weighted by Crippen LogP contribution is -2.40. The maximum Gasteiger partial charge on any atom is 0.184 e. The highest BCUT2D eigenvalue weighted by molar-refractivity contribution is 6.69. The Morgan fingerprint density at radius 2 is 2.00 bits per heavy atom. The molecule has 6 atom stereocenters. The Morgan fingerprint density at radius 3 is 2.68 bits per heavy atom. The first-order valence-corrected chi connectivity index (χ1v) is 13.9. The second-order valence-corrected chi connectivity index (χ2v) is 15.1. The average molecular weight is 363 g/mol. The molecule has 2 fully saturated rings. The van der Waals surface area contributed by atoms with Crippen LogP contribution in [0.1, 0.15) is 65.7 Å². The summed E-state index contributed by atoms with van der Waals surface area (Å²) in [5.74, 6) is 2.97. The van der Waals surface area contributed by atoms with Gasteiger partial charge in [-0.3, -0.25) is 4.79 Å². The van der Waals surface area contributed by atoms with Gasteiger partial charge in [-0.15, -0.1) is 0 Å². The van der Waals surface area contributed by atoms with Crippen molar-refractivity contribution in [3.8, 4) is 0 Å². The van der Waals surface area contributed by atoms with Crippen molar-refractivity contribution in [1.29, 1.82) is 0 Å². The normalized spacial score (nSPS) is 42.6. The summed E-state index contributed by atoms with van der Waals surface area (Å²) in [6.45, 7) is 14.0. The highest BCUT2D eigenvalue weighted by Crippen LogP contribution is 2.57. The number of rotatable bonds is 5. The predicted octanol–water partition coefficient (Wildman–Crippen LogP) is 5.98. The van der Waals surface area contributed by atoms with Crippen molar-refractivity contribution in [2.45, 2.75) is 91.0 Å². The van der Waals surface area contributed by atoms with Crippen LogP contribution >= 0.6 is 0 Å². The molecule has 3 rings (SSSR count). The molecule has 25 heavy (non-hydrogen) atoms. The summed E-state index contributed by atoms with van der Waals surface area (Å²) in [5.41, 5.74) is 0.215. The Labute approximate surface area is 155 Å². The third-order valence-corrected chi connectivity index (χ3v) is 8.30. The lowest BCUT2D eigenvalue weighted by Gasteiger charge is -2.42. The van der Waals surface area contributed by atoms with Gasteiger partial charge >= 0.3 is 0 Å². The van der Waals surface area contributed by atoms with Gasteiger partial charge in [-0.2, -0.15) is 0 Å². The number of fused-ring (bicyclic) bond motifs is 1. The molecule has 0 aliphatic heterocycles. The zero-order chi connectivity index (χ0) is 18.5. The molecule has 2 nitrogen and oxygen atoms in total. The minimum Gasteiger partial charge on any atom is -0.409 e. The van der Waals surface area contributed by atoms with Crippen LogP contribution in [0, 0.1) is 29.1 Å². The molecule has 0 spiro atoms. The van der Waals surface area contributed by atoms with Crippen LogP contribution in [-0.2, 0) is 9.22 Å². The molecule has 0 radical (unpaired) electrons. The van der Waals surface area contributed by atoms with Crippen LogP contribution in [0.5, 0.6) is 0 Å². The fourth-order valence-corrected chi connectivity index (χ4v) is 8.03. The van der Waals surface area contributed by atoms with E-state index in [0.717, 1.165) is 31.6 Å². The first-order chi connectivity index (χ1) is 11.5. The van der Waals surface area contributed by atoms with Crippen LogP contribution in [0.25, 0.3) is 0 Å². The lowest BCUT2D eigenvalue weighted by molar-refractivity contribution is -0.130. The Balaban J connectivity index is 1.61. The van der Waals surface area contributed by atoms with E-state index < -0.39 is 8.32 Å². The summed E-state index contributed by atoms with van der Waals surface area (Å²) in [6, 6.07) is 0. The van der Waals surface area contributed by atoms with Gasteiger partial charge in [0.1, 0.15) is 5.78 Å². The molecule has 3 aliphatic rings. The summed E-state index contributed by atoms with van der Waals surface area (Å²) in [6.07, 6.45) is 12.7. The number of ketones is 1. The van der Waals surface area contributed by atoms with Gasteiger partial charge in [0.2, 0.25) is 0 Å². The number of allylic oxidation sites excluding steroid dienone is 1. The van der Waals surface area contributed by atoms with Crippen LogP contribution in [0.15, 0.2) is 12.2 Å². The van der Waals surface area contributed by atoms with E-state index in [9.17, 15) is 4.79 Å². The zero-order valence-electron chi connectivity index (χ0n) is 17.2. The zero-order valence-corrected chi connectivity index (χ0v) is 18.2. The summed E-state index contributed by atoms with van der Waals surface area (Å²) in [5, 5.41) is 0. The number of Topliss-reactive ketones (excluding diaryl/α,β-unsaturated/α-hetero) is 1. The molecule has 0 heterocycles. The number of carbonyl (C=O) groups excluding carboxylic acids is 1. The van der Waals surface area contributed by atoms with E-state index in [1.165, 1.54) is 19.3 Å². The van der Waals surface area contributed by atoms with E-state index in [0.29, 0.717) is 23.5 Å². The summed E-state index contributed by atoms with van der Waals surface area (Å²) in [4.78, 5) is 12.4. The lowest BCUT2D eigenvalue weighted by atomic mass is 9.61. The topological polar surface area (TPSA) is 26.3 Å².